The maximum atomic E-state index is 11.7. The van der Waals surface area contributed by atoms with Crippen LogP contribution in [-0.4, -0.2) is 15.8 Å². The van der Waals surface area contributed by atoms with Gasteiger partial charge >= 0.3 is 0 Å². The van der Waals surface area contributed by atoms with Crippen molar-refractivity contribution in [3.05, 3.63) is 46.0 Å². The molecule has 90 valence electrons. The second-order valence-corrected chi connectivity index (χ2v) is 3.96. The van der Waals surface area contributed by atoms with Crippen molar-refractivity contribution < 1.29 is 4.74 Å². The standard InChI is InChI=1S/C12H10N4O2/c13-10(14)8-4-7-6-2-1-3-15-12(6)18-5-9(7)16-11(8)17/h1-4H,5H2,(H3,13,14)(H,16,17). The summed E-state index contributed by atoms with van der Waals surface area (Å²) >= 11 is 0. The summed E-state index contributed by atoms with van der Waals surface area (Å²) in [7, 11) is 0. The molecule has 0 aromatic carbocycles. The van der Waals surface area contributed by atoms with Gasteiger partial charge in [0.25, 0.3) is 5.56 Å². The van der Waals surface area contributed by atoms with Crippen LogP contribution >= 0.6 is 0 Å². The number of nitrogens with two attached hydrogens (primary N) is 1. The van der Waals surface area contributed by atoms with Gasteiger partial charge in [-0.3, -0.25) is 10.2 Å². The van der Waals surface area contributed by atoms with Gasteiger partial charge in [0.1, 0.15) is 12.4 Å². The Hall–Kier alpha value is -2.63. The van der Waals surface area contributed by atoms with Crippen LogP contribution in [0.2, 0.25) is 0 Å². The molecule has 0 saturated heterocycles. The molecule has 2 aromatic heterocycles. The highest BCUT2D eigenvalue weighted by Gasteiger charge is 2.20. The van der Waals surface area contributed by atoms with Gasteiger partial charge in [-0.2, -0.15) is 0 Å². The Balaban J connectivity index is 2.30. The normalized spacial score (nSPS) is 12.2. The molecule has 0 amide bonds. The molecule has 0 fully saturated rings. The first kappa shape index (κ1) is 10.5. The van der Waals surface area contributed by atoms with Crippen molar-refractivity contribution in [2.24, 2.45) is 5.73 Å². The van der Waals surface area contributed by atoms with Crippen LogP contribution in [0.15, 0.2) is 29.2 Å². The van der Waals surface area contributed by atoms with E-state index in [0.29, 0.717) is 11.6 Å². The summed E-state index contributed by atoms with van der Waals surface area (Å²) in [4.78, 5) is 18.5. The molecule has 6 nitrogen and oxygen atoms in total. The minimum absolute atomic E-state index is 0.158. The Bertz CT molecular complexity index is 705. The molecule has 1 aliphatic rings. The molecule has 6 heteroatoms. The monoisotopic (exact) mass is 242 g/mol. The average Bonchev–Trinajstić information content (AvgIpc) is 2.37. The highest BCUT2D eigenvalue weighted by atomic mass is 16.5. The van der Waals surface area contributed by atoms with E-state index < -0.39 is 0 Å². The van der Waals surface area contributed by atoms with E-state index in [1.807, 2.05) is 6.07 Å². The molecule has 0 spiro atoms. The second kappa shape index (κ2) is 3.69. The molecular formula is C12H10N4O2. The highest BCUT2D eigenvalue weighted by molar-refractivity contribution is 5.96. The van der Waals surface area contributed by atoms with Crippen molar-refractivity contribution in [3.63, 3.8) is 0 Å². The number of ether oxygens (including phenoxy) is 1. The Labute approximate surface area is 102 Å². The number of nitrogen functional groups attached to an aromatic ring is 1. The quantitative estimate of drug-likeness (QED) is 0.503. The van der Waals surface area contributed by atoms with E-state index in [1.54, 1.807) is 18.3 Å². The fourth-order valence-corrected chi connectivity index (χ4v) is 1.97. The molecule has 0 bridgehead atoms. The van der Waals surface area contributed by atoms with Gasteiger partial charge in [0.05, 0.1) is 11.3 Å². The Morgan fingerprint density at radius 1 is 1.50 bits per heavy atom. The van der Waals surface area contributed by atoms with Crippen LogP contribution in [-0.2, 0) is 6.61 Å². The molecule has 3 heterocycles. The Morgan fingerprint density at radius 3 is 3.11 bits per heavy atom. The van der Waals surface area contributed by atoms with E-state index in [1.165, 1.54) is 0 Å². The van der Waals surface area contributed by atoms with Crippen LogP contribution in [0.4, 0.5) is 0 Å². The second-order valence-electron chi connectivity index (χ2n) is 3.96. The van der Waals surface area contributed by atoms with Gasteiger partial charge in [0.15, 0.2) is 0 Å². The predicted molar refractivity (Wildman–Crippen MR) is 65.6 cm³/mol. The number of aromatic amines is 1. The van der Waals surface area contributed by atoms with E-state index in [2.05, 4.69) is 9.97 Å². The van der Waals surface area contributed by atoms with Crippen molar-refractivity contribution in [1.82, 2.24) is 9.97 Å². The number of fused-ring (bicyclic) bond motifs is 3. The summed E-state index contributed by atoms with van der Waals surface area (Å²) in [6, 6.07) is 5.25. The van der Waals surface area contributed by atoms with Crippen LogP contribution in [0, 0.1) is 5.41 Å². The van der Waals surface area contributed by atoms with Gasteiger partial charge in [0, 0.05) is 17.3 Å². The molecule has 0 saturated carbocycles. The summed E-state index contributed by atoms with van der Waals surface area (Å²) in [5.74, 6) is 0.266. The summed E-state index contributed by atoms with van der Waals surface area (Å²) in [5.41, 5.74) is 7.43. The van der Waals surface area contributed by atoms with Crippen molar-refractivity contribution in [2.75, 3.05) is 0 Å². The first-order valence-electron chi connectivity index (χ1n) is 5.35. The zero-order valence-corrected chi connectivity index (χ0v) is 9.36. The molecule has 0 radical (unpaired) electrons. The number of pyridine rings is 2. The fraction of sp³-hybridized carbons (Fsp3) is 0.0833. The number of hydrogen-bond donors (Lipinski definition) is 3. The lowest BCUT2D eigenvalue weighted by atomic mass is 10.0. The molecule has 3 rings (SSSR count). The molecule has 0 unspecified atom stereocenters. The van der Waals surface area contributed by atoms with Crippen LogP contribution in [0.25, 0.3) is 11.1 Å². The lowest BCUT2D eigenvalue weighted by Gasteiger charge is -2.19. The van der Waals surface area contributed by atoms with E-state index in [-0.39, 0.29) is 23.6 Å². The molecule has 0 atom stereocenters. The SMILES string of the molecule is N=C(N)c1cc2c([nH]c1=O)COc1ncccc1-2. The Morgan fingerprint density at radius 2 is 2.33 bits per heavy atom. The predicted octanol–water partition coefficient (Wildman–Crippen LogP) is 0.613. The number of aromatic nitrogens is 2. The summed E-state index contributed by atoms with van der Waals surface area (Å²) in [6.07, 6.45) is 1.64. The largest absolute Gasteiger partial charge is 0.471 e. The number of rotatable bonds is 1. The van der Waals surface area contributed by atoms with E-state index in [9.17, 15) is 4.79 Å². The average molecular weight is 242 g/mol. The zero-order chi connectivity index (χ0) is 12.7. The topological polar surface area (TPSA) is 105 Å². The van der Waals surface area contributed by atoms with Gasteiger partial charge in [-0.05, 0) is 18.2 Å². The van der Waals surface area contributed by atoms with Crippen LogP contribution in [0.3, 0.4) is 0 Å². The first-order valence-corrected chi connectivity index (χ1v) is 5.35. The van der Waals surface area contributed by atoms with Gasteiger partial charge in [-0.1, -0.05) is 0 Å². The van der Waals surface area contributed by atoms with Crippen LogP contribution < -0.4 is 16.0 Å². The zero-order valence-electron chi connectivity index (χ0n) is 9.36. The van der Waals surface area contributed by atoms with Crippen LogP contribution in [0.5, 0.6) is 5.88 Å². The van der Waals surface area contributed by atoms with Gasteiger partial charge in [-0.25, -0.2) is 4.98 Å². The molecule has 4 N–H and O–H groups in total. The molecule has 1 aliphatic heterocycles. The highest BCUT2D eigenvalue weighted by Crippen LogP contribution is 2.34. The van der Waals surface area contributed by atoms with Crippen molar-refractivity contribution >= 4 is 5.84 Å². The third-order valence-electron chi connectivity index (χ3n) is 2.83. The lowest BCUT2D eigenvalue weighted by molar-refractivity contribution is 0.285. The first-order chi connectivity index (χ1) is 8.66. The van der Waals surface area contributed by atoms with Crippen molar-refractivity contribution in [2.45, 2.75) is 6.61 Å². The minimum Gasteiger partial charge on any atom is -0.471 e. The number of nitrogens with one attached hydrogen (secondary N) is 2. The van der Waals surface area contributed by atoms with Gasteiger partial charge in [-0.15, -0.1) is 0 Å². The maximum absolute atomic E-state index is 11.7. The maximum Gasteiger partial charge on any atom is 0.259 e. The number of nitrogens with zero attached hydrogens (tertiary/aromatic N) is 1. The van der Waals surface area contributed by atoms with Gasteiger partial charge in [0.2, 0.25) is 5.88 Å². The Kier molecular flexibility index (Phi) is 2.16. The van der Waals surface area contributed by atoms with E-state index >= 15 is 0 Å². The van der Waals surface area contributed by atoms with E-state index in [0.717, 1.165) is 11.1 Å². The molecule has 2 aromatic rings. The smallest absolute Gasteiger partial charge is 0.259 e. The number of H-pyrrole nitrogens is 1. The minimum atomic E-state index is -0.378. The van der Waals surface area contributed by atoms with E-state index in [4.69, 9.17) is 15.9 Å². The van der Waals surface area contributed by atoms with Crippen molar-refractivity contribution in [3.8, 4) is 17.0 Å². The van der Waals surface area contributed by atoms with Crippen molar-refractivity contribution in [1.29, 1.82) is 5.41 Å². The molecular weight excluding hydrogens is 232 g/mol. The van der Waals surface area contributed by atoms with Gasteiger partial charge < -0.3 is 15.5 Å². The fourth-order valence-electron chi connectivity index (χ4n) is 1.97. The van der Waals surface area contributed by atoms with Crippen LogP contribution in [0.1, 0.15) is 11.3 Å². The lowest BCUT2D eigenvalue weighted by Crippen LogP contribution is -2.26. The third-order valence-corrected chi connectivity index (χ3v) is 2.83. The number of hydrogen-bond acceptors (Lipinski definition) is 4. The third kappa shape index (κ3) is 1.46. The molecule has 0 aliphatic carbocycles. The summed E-state index contributed by atoms with van der Waals surface area (Å²) in [6.45, 7) is 0.257. The summed E-state index contributed by atoms with van der Waals surface area (Å²) < 4.78 is 5.44. The number of amidine groups is 1. The summed E-state index contributed by atoms with van der Waals surface area (Å²) in [5, 5.41) is 7.39. The molecule has 18 heavy (non-hydrogen) atoms.